The molecule has 5 nitrogen and oxygen atoms in total. The van der Waals surface area contributed by atoms with Crippen LogP contribution in [0.2, 0.25) is 5.02 Å². The van der Waals surface area contributed by atoms with E-state index in [2.05, 4.69) is 17.4 Å². The third kappa shape index (κ3) is 5.60. The highest BCUT2D eigenvalue weighted by atomic mass is 35.5. The molecule has 1 N–H and O–H groups in total. The van der Waals surface area contributed by atoms with Crippen molar-refractivity contribution in [2.45, 2.75) is 45.1 Å². The van der Waals surface area contributed by atoms with Crippen molar-refractivity contribution in [1.82, 2.24) is 0 Å². The number of benzene rings is 3. The molecule has 33 heavy (non-hydrogen) atoms. The Kier molecular flexibility index (Phi) is 7.40. The molecule has 0 saturated carbocycles. The Labute approximate surface area is 199 Å². The van der Waals surface area contributed by atoms with Gasteiger partial charge in [-0.3, -0.25) is 4.79 Å². The predicted molar refractivity (Wildman–Crippen MR) is 131 cm³/mol. The Morgan fingerprint density at radius 2 is 1.73 bits per heavy atom. The molecule has 3 aromatic rings. The summed E-state index contributed by atoms with van der Waals surface area (Å²) in [5.74, 6) is 2.04. The first kappa shape index (κ1) is 23.0. The largest absolute Gasteiger partial charge is 0.493 e. The molecule has 0 radical (unpaired) electrons. The van der Waals surface area contributed by atoms with Crippen LogP contribution in [-0.2, 0) is 17.6 Å². The van der Waals surface area contributed by atoms with Gasteiger partial charge in [0.1, 0.15) is 5.75 Å². The highest BCUT2D eigenvalue weighted by Gasteiger charge is 2.21. The monoisotopic (exact) mass is 465 g/mol. The number of hydrogen-bond acceptors (Lipinski definition) is 4. The minimum absolute atomic E-state index is 0.262. The number of aryl methyl sites for hydroxylation is 2. The number of anilines is 1. The maximum Gasteiger partial charge on any atom is 0.265 e. The topological polar surface area (TPSA) is 56.8 Å². The van der Waals surface area contributed by atoms with Crippen molar-refractivity contribution in [1.29, 1.82) is 0 Å². The normalized spacial score (nSPS) is 13.5. The molecule has 0 aliphatic heterocycles. The lowest BCUT2D eigenvalue weighted by Gasteiger charge is -2.21. The van der Waals surface area contributed by atoms with Gasteiger partial charge in [-0.2, -0.15) is 0 Å². The van der Waals surface area contributed by atoms with Gasteiger partial charge in [-0.25, -0.2) is 0 Å². The highest BCUT2D eigenvalue weighted by molar-refractivity contribution is 6.31. The second-order valence-corrected chi connectivity index (χ2v) is 8.47. The third-order valence-corrected chi connectivity index (χ3v) is 5.99. The van der Waals surface area contributed by atoms with Crippen molar-refractivity contribution in [3.8, 4) is 23.0 Å². The number of carbonyl (C=O) groups excluding carboxylic acids is 1. The molecule has 0 fully saturated rings. The number of rotatable bonds is 8. The number of nitrogens with one attached hydrogen (secondary N) is 1. The lowest BCUT2D eigenvalue weighted by atomic mass is 9.92. The van der Waals surface area contributed by atoms with Crippen LogP contribution in [-0.4, -0.2) is 19.1 Å². The average Bonchev–Trinajstić information content (AvgIpc) is 2.84. The van der Waals surface area contributed by atoms with Gasteiger partial charge >= 0.3 is 0 Å². The summed E-state index contributed by atoms with van der Waals surface area (Å²) in [5.41, 5.74) is 3.16. The van der Waals surface area contributed by atoms with Crippen molar-refractivity contribution < 1.29 is 19.0 Å². The van der Waals surface area contributed by atoms with Crippen molar-refractivity contribution in [3.05, 3.63) is 76.8 Å². The Bertz CT molecular complexity index is 1130. The van der Waals surface area contributed by atoms with E-state index in [1.165, 1.54) is 24.0 Å². The zero-order valence-corrected chi connectivity index (χ0v) is 19.7. The average molecular weight is 466 g/mol. The van der Waals surface area contributed by atoms with Gasteiger partial charge in [0.2, 0.25) is 0 Å². The smallest absolute Gasteiger partial charge is 0.265 e. The molecule has 0 spiro atoms. The van der Waals surface area contributed by atoms with Crippen LogP contribution in [0.25, 0.3) is 0 Å². The second-order valence-electron chi connectivity index (χ2n) is 8.04. The number of ether oxygens (including phenoxy) is 3. The van der Waals surface area contributed by atoms with Crippen LogP contribution in [0.15, 0.2) is 60.7 Å². The summed E-state index contributed by atoms with van der Waals surface area (Å²) in [6.07, 6.45) is 4.46. The number of methoxy groups -OCH3 is 1. The number of halogens is 1. The van der Waals surface area contributed by atoms with Crippen molar-refractivity contribution in [2.75, 3.05) is 12.4 Å². The van der Waals surface area contributed by atoms with Gasteiger partial charge < -0.3 is 19.5 Å². The van der Waals surface area contributed by atoms with Crippen LogP contribution in [0.4, 0.5) is 5.69 Å². The first-order chi connectivity index (χ1) is 16.1. The van der Waals surface area contributed by atoms with Crippen LogP contribution in [0.3, 0.4) is 0 Å². The van der Waals surface area contributed by atoms with Gasteiger partial charge in [-0.15, -0.1) is 0 Å². The molecule has 0 bridgehead atoms. The van der Waals surface area contributed by atoms with Crippen LogP contribution < -0.4 is 19.5 Å². The quantitative estimate of drug-likeness (QED) is 0.396. The summed E-state index contributed by atoms with van der Waals surface area (Å²) in [6.45, 7) is 1.92. The fraction of sp³-hybridized carbons (Fsp3) is 0.296. The lowest BCUT2D eigenvalue weighted by Crippen LogP contribution is -2.32. The number of para-hydroxylation sites is 2. The van der Waals surface area contributed by atoms with Gasteiger partial charge in [0.15, 0.2) is 23.4 Å². The Balaban J connectivity index is 1.51. The molecule has 0 aromatic heterocycles. The lowest BCUT2D eigenvalue weighted by molar-refractivity contribution is -0.122. The molecule has 4 rings (SSSR count). The number of carbonyl (C=O) groups is 1. The zero-order valence-electron chi connectivity index (χ0n) is 18.9. The molecule has 1 amide bonds. The van der Waals surface area contributed by atoms with E-state index < -0.39 is 6.10 Å². The summed E-state index contributed by atoms with van der Waals surface area (Å²) in [5, 5.41) is 3.42. The fourth-order valence-electron chi connectivity index (χ4n) is 3.99. The number of fused-ring (bicyclic) bond motifs is 1. The summed E-state index contributed by atoms with van der Waals surface area (Å²) in [6, 6.07) is 18.6. The van der Waals surface area contributed by atoms with Crippen molar-refractivity contribution >= 4 is 23.2 Å². The predicted octanol–water partition coefficient (Wildman–Crippen LogP) is 6.82. The third-order valence-electron chi connectivity index (χ3n) is 5.75. The maximum atomic E-state index is 13.1. The van der Waals surface area contributed by atoms with E-state index in [0.717, 1.165) is 12.8 Å². The van der Waals surface area contributed by atoms with Crippen LogP contribution in [0.1, 0.15) is 37.3 Å². The van der Waals surface area contributed by atoms with Crippen molar-refractivity contribution in [2.24, 2.45) is 0 Å². The first-order valence-corrected chi connectivity index (χ1v) is 11.6. The molecule has 172 valence electrons. The second kappa shape index (κ2) is 10.6. The molecule has 0 heterocycles. The van der Waals surface area contributed by atoms with E-state index >= 15 is 0 Å². The van der Waals surface area contributed by atoms with E-state index in [1.54, 1.807) is 31.4 Å². The van der Waals surface area contributed by atoms with Gasteiger partial charge in [0, 0.05) is 5.02 Å². The molecule has 0 saturated heterocycles. The standard InChI is InChI=1S/C27H28ClNO4/c1-3-23(32-21-14-12-18-8-4-5-9-19(18)16-21)27(30)29-22-17-20(28)13-15-24(22)33-26-11-7-6-10-25(26)31-2/h6-7,10-17,23H,3-5,8-9H2,1-2H3,(H,29,30)/t23-/m0/s1. The summed E-state index contributed by atoms with van der Waals surface area (Å²) >= 11 is 6.21. The summed E-state index contributed by atoms with van der Waals surface area (Å²) in [7, 11) is 1.58. The van der Waals surface area contributed by atoms with E-state index in [1.807, 2.05) is 31.2 Å². The Morgan fingerprint density at radius 1 is 0.970 bits per heavy atom. The Hall–Kier alpha value is -3.18. The van der Waals surface area contributed by atoms with Gasteiger partial charge in [-0.1, -0.05) is 36.7 Å². The Morgan fingerprint density at radius 3 is 2.48 bits per heavy atom. The van der Waals surface area contributed by atoms with Crippen LogP contribution in [0.5, 0.6) is 23.0 Å². The van der Waals surface area contributed by atoms with E-state index in [4.69, 9.17) is 25.8 Å². The number of amides is 1. The summed E-state index contributed by atoms with van der Waals surface area (Å²) < 4.78 is 17.5. The molecule has 3 aromatic carbocycles. The van der Waals surface area contributed by atoms with Gasteiger partial charge in [0.05, 0.1) is 12.8 Å². The SMILES string of the molecule is CC[C@H](Oc1ccc2c(c1)CCCC2)C(=O)Nc1cc(Cl)ccc1Oc1ccccc1OC. The maximum absolute atomic E-state index is 13.1. The van der Waals surface area contributed by atoms with E-state index in [-0.39, 0.29) is 5.91 Å². The summed E-state index contributed by atoms with van der Waals surface area (Å²) in [4.78, 5) is 13.1. The molecule has 1 aliphatic carbocycles. The molecule has 1 aliphatic rings. The first-order valence-electron chi connectivity index (χ1n) is 11.3. The van der Waals surface area contributed by atoms with E-state index in [0.29, 0.717) is 40.1 Å². The van der Waals surface area contributed by atoms with Crippen molar-refractivity contribution in [3.63, 3.8) is 0 Å². The van der Waals surface area contributed by atoms with Gasteiger partial charge in [-0.05, 0) is 85.7 Å². The van der Waals surface area contributed by atoms with E-state index in [9.17, 15) is 4.79 Å². The molecule has 6 heteroatoms. The van der Waals surface area contributed by atoms with Crippen LogP contribution in [0, 0.1) is 0 Å². The molecular formula is C27H28ClNO4. The fourth-order valence-corrected chi connectivity index (χ4v) is 4.17. The molecule has 1 atom stereocenters. The molecule has 0 unspecified atom stereocenters. The minimum Gasteiger partial charge on any atom is -0.493 e. The highest BCUT2D eigenvalue weighted by Crippen LogP contribution is 2.36. The van der Waals surface area contributed by atoms with Crippen LogP contribution >= 0.6 is 11.6 Å². The minimum atomic E-state index is -0.648. The zero-order chi connectivity index (χ0) is 23.2. The van der Waals surface area contributed by atoms with Gasteiger partial charge in [0.25, 0.3) is 5.91 Å². The number of hydrogen-bond donors (Lipinski definition) is 1. The molecular weight excluding hydrogens is 438 g/mol.